The van der Waals surface area contributed by atoms with Gasteiger partial charge in [-0.2, -0.15) is 4.98 Å². The van der Waals surface area contributed by atoms with Gasteiger partial charge in [-0.1, -0.05) is 5.16 Å². The van der Waals surface area contributed by atoms with Crippen molar-refractivity contribution in [3.05, 3.63) is 46.6 Å². The highest BCUT2D eigenvalue weighted by Gasteiger charge is 2.29. The predicted octanol–water partition coefficient (Wildman–Crippen LogP) is 2.40. The molecule has 3 rings (SSSR count). The molecule has 126 valence electrons. The Bertz CT molecular complexity index is 784. The number of aryl methyl sites for hydroxylation is 2. The molecular formula is C17H19N3O4. The molecule has 1 aliphatic rings. The number of benzene rings is 1. The Morgan fingerprint density at radius 1 is 1.25 bits per heavy atom. The average molecular weight is 329 g/mol. The summed E-state index contributed by atoms with van der Waals surface area (Å²) in [6.45, 7) is 4.68. The van der Waals surface area contributed by atoms with Gasteiger partial charge in [0.05, 0.1) is 11.5 Å². The summed E-state index contributed by atoms with van der Waals surface area (Å²) in [4.78, 5) is 30.0. The molecule has 2 aromatic rings. The molecule has 7 heteroatoms. The van der Waals surface area contributed by atoms with Gasteiger partial charge in [0, 0.05) is 18.7 Å². The largest absolute Gasteiger partial charge is 0.478 e. The van der Waals surface area contributed by atoms with Gasteiger partial charge in [-0.25, -0.2) is 4.79 Å². The summed E-state index contributed by atoms with van der Waals surface area (Å²) in [5.74, 6) is -0.0425. The van der Waals surface area contributed by atoms with E-state index in [4.69, 9.17) is 9.63 Å². The Labute approximate surface area is 139 Å². The molecule has 1 fully saturated rings. The van der Waals surface area contributed by atoms with E-state index in [0.29, 0.717) is 30.4 Å². The summed E-state index contributed by atoms with van der Waals surface area (Å²) >= 11 is 0. The van der Waals surface area contributed by atoms with E-state index in [1.54, 1.807) is 30.9 Å². The highest BCUT2D eigenvalue weighted by atomic mass is 16.5. The van der Waals surface area contributed by atoms with Crippen molar-refractivity contribution in [3.8, 4) is 0 Å². The SMILES string of the molecule is Cc1cc(C(=O)O)cc(C(=O)N2CCCC(c3nc(C)no3)C2)c1. The lowest BCUT2D eigenvalue weighted by Crippen LogP contribution is -2.39. The minimum Gasteiger partial charge on any atom is -0.478 e. The van der Waals surface area contributed by atoms with Gasteiger partial charge in [0.15, 0.2) is 5.82 Å². The molecule has 0 aliphatic carbocycles. The van der Waals surface area contributed by atoms with Gasteiger partial charge in [0.1, 0.15) is 0 Å². The van der Waals surface area contributed by atoms with Gasteiger partial charge in [0.2, 0.25) is 5.89 Å². The third kappa shape index (κ3) is 3.29. The second kappa shape index (κ2) is 6.43. The maximum Gasteiger partial charge on any atom is 0.335 e. The molecule has 1 atom stereocenters. The highest BCUT2D eigenvalue weighted by molar-refractivity contribution is 5.97. The van der Waals surface area contributed by atoms with Crippen LogP contribution in [0.15, 0.2) is 22.7 Å². The zero-order valence-corrected chi connectivity index (χ0v) is 13.7. The summed E-state index contributed by atoms with van der Waals surface area (Å²) in [7, 11) is 0. The summed E-state index contributed by atoms with van der Waals surface area (Å²) in [5.41, 5.74) is 1.27. The monoisotopic (exact) mass is 329 g/mol. The van der Waals surface area contributed by atoms with Crippen molar-refractivity contribution < 1.29 is 19.2 Å². The van der Waals surface area contributed by atoms with E-state index < -0.39 is 5.97 Å². The second-order valence-corrected chi connectivity index (χ2v) is 6.16. The second-order valence-electron chi connectivity index (χ2n) is 6.16. The van der Waals surface area contributed by atoms with Crippen LogP contribution in [0.2, 0.25) is 0 Å². The van der Waals surface area contributed by atoms with Crippen LogP contribution >= 0.6 is 0 Å². The van der Waals surface area contributed by atoms with E-state index in [1.165, 1.54) is 6.07 Å². The topological polar surface area (TPSA) is 96.5 Å². The Hall–Kier alpha value is -2.70. The smallest absolute Gasteiger partial charge is 0.335 e. The van der Waals surface area contributed by atoms with E-state index in [9.17, 15) is 9.59 Å². The van der Waals surface area contributed by atoms with Crippen molar-refractivity contribution in [1.29, 1.82) is 0 Å². The lowest BCUT2D eigenvalue weighted by molar-refractivity contribution is 0.0695. The maximum absolute atomic E-state index is 12.8. The van der Waals surface area contributed by atoms with Crippen molar-refractivity contribution in [2.45, 2.75) is 32.6 Å². The summed E-state index contributed by atoms with van der Waals surface area (Å²) in [6.07, 6.45) is 1.73. The van der Waals surface area contributed by atoms with E-state index in [0.717, 1.165) is 18.4 Å². The predicted molar refractivity (Wildman–Crippen MR) is 85.1 cm³/mol. The molecule has 1 aromatic carbocycles. The fraction of sp³-hybridized carbons (Fsp3) is 0.412. The van der Waals surface area contributed by atoms with Crippen molar-refractivity contribution in [2.75, 3.05) is 13.1 Å². The van der Waals surface area contributed by atoms with Gasteiger partial charge in [-0.05, 0) is 50.5 Å². The van der Waals surface area contributed by atoms with Crippen LogP contribution in [-0.4, -0.2) is 45.1 Å². The van der Waals surface area contributed by atoms with Crippen LogP contribution in [0.25, 0.3) is 0 Å². The number of carbonyl (C=O) groups excluding carboxylic acids is 1. The number of rotatable bonds is 3. The number of piperidine rings is 1. The van der Waals surface area contributed by atoms with E-state index >= 15 is 0 Å². The molecule has 0 saturated carbocycles. The van der Waals surface area contributed by atoms with Gasteiger partial charge in [-0.3, -0.25) is 4.79 Å². The Morgan fingerprint density at radius 2 is 2.00 bits per heavy atom. The van der Waals surface area contributed by atoms with Gasteiger partial charge >= 0.3 is 5.97 Å². The third-order valence-corrected chi connectivity index (χ3v) is 4.17. The van der Waals surface area contributed by atoms with Crippen LogP contribution in [-0.2, 0) is 0 Å². The van der Waals surface area contributed by atoms with Crippen LogP contribution in [0, 0.1) is 13.8 Å². The van der Waals surface area contributed by atoms with Gasteiger partial charge < -0.3 is 14.5 Å². The summed E-state index contributed by atoms with van der Waals surface area (Å²) < 4.78 is 5.23. The van der Waals surface area contributed by atoms with Crippen LogP contribution < -0.4 is 0 Å². The van der Waals surface area contributed by atoms with Gasteiger partial charge in [-0.15, -0.1) is 0 Å². The summed E-state index contributed by atoms with van der Waals surface area (Å²) in [6, 6.07) is 4.70. The molecule has 1 aromatic heterocycles. The number of carboxylic acids is 1. The van der Waals surface area contributed by atoms with Crippen LogP contribution in [0.4, 0.5) is 0 Å². The molecule has 0 bridgehead atoms. The minimum atomic E-state index is -1.04. The average Bonchev–Trinajstić information content (AvgIpc) is 3.00. The van der Waals surface area contributed by atoms with Crippen molar-refractivity contribution >= 4 is 11.9 Å². The number of likely N-dealkylation sites (tertiary alicyclic amines) is 1. The minimum absolute atomic E-state index is 0.0210. The first-order valence-corrected chi connectivity index (χ1v) is 7.88. The van der Waals surface area contributed by atoms with Crippen LogP contribution in [0.5, 0.6) is 0 Å². The molecular weight excluding hydrogens is 310 g/mol. The maximum atomic E-state index is 12.8. The lowest BCUT2D eigenvalue weighted by atomic mass is 9.96. The fourth-order valence-electron chi connectivity index (χ4n) is 3.05. The Morgan fingerprint density at radius 3 is 2.67 bits per heavy atom. The highest BCUT2D eigenvalue weighted by Crippen LogP contribution is 2.27. The number of aromatic nitrogens is 2. The number of carbonyl (C=O) groups is 2. The first-order valence-electron chi connectivity index (χ1n) is 7.88. The number of aromatic carboxylic acids is 1. The Kier molecular flexibility index (Phi) is 4.33. The molecule has 7 nitrogen and oxygen atoms in total. The van der Waals surface area contributed by atoms with Crippen molar-refractivity contribution in [3.63, 3.8) is 0 Å². The van der Waals surface area contributed by atoms with Crippen molar-refractivity contribution in [1.82, 2.24) is 15.0 Å². The van der Waals surface area contributed by atoms with Gasteiger partial charge in [0.25, 0.3) is 5.91 Å². The molecule has 1 amide bonds. The quantitative estimate of drug-likeness (QED) is 0.929. The van der Waals surface area contributed by atoms with E-state index in [2.05, 4.69) is 10.1 Å². The van der Waals surface area contributed by atoms with Crippen molar-refractivity contribution in [2.24, 2.45) is 0 Å². The molecule has 1 saturated heterocycles. The molecule has 24 heavy (non-hydrogen) atoms. The number of amides is 1. The molecule has 0 radical (unpaired) electrons. The molecule has 1 N–H and O–H groups in total. The number of hydrogen-bond acceptors (Lipinski definition) is 5. The first kappa shape index (κ1) is 16.2. The number of carboxylic acid groups (broad SMARTS) is 1. The zero-order valence-electron chi connectivity index (χ0n) is 13.7. The molecule has 1 aliphatic heterocycles. The number of hydrogen-bond donors (Lipinski definition) is 1. The standard InChI is InChI=1S/C17H19N3O4/c1-10-6-13(8-14(7-10)17(22)23)16(21)20-5-3-4-12(9-20)15-18-11(2)19-24-15/h6-8,12H,3-5,9H2,1-2H3,(H,22,23). The third-order valence-electron chi connectivity index (χ3n) is 4.17. The fourth-order valence-corrected chi connectivity index (χ4v) is 3.05. The van der Waals surface area contributed by atoms with E-state index in [1.807, 2.05) is 0 Å². The molecule has 0 spiro atoms. The normalized spacial score (nSPS) is 17.8. The lowest BCUT2D eigenvalue weighted by Gasteiger charge is -2.31. The summed E-state index contributed by atoms with van der Waals surface area (Å²) in [5, 5.41) is 13.0. The molecule has 2 heterocycles. The first-order chi connectivity index (χ1) is 11.4. The zero-order chi connectivity index (χ0) is 17.3. The Balaban J connectivity index is 1.81. The molecule has 1 unspecified atom stereocenters. The number of nitrogens with zero attached hydrogens (tertiary/aromatic N) is 3. The van der Waals surface area contributed by atoms with Crippen LogP contribution in [0.1, 0.15) is 56.8 Å². The van der Waals surface area contributed by atoms with E-state index in [-0.39, 0.29) is 17.4 Å². The van der Waals surface area contributed by atoms with Crippen LogP contribution in [0.3, 0.4) is 0 Å².